The monoisotopic (exact) mass is 869 g/mol. The summed E-state index contributed by atoms with van der Waals surface area (Å²) in [5, 5.41) is 44.9. The lowest BCUT2D eigenvalue weighted by atomic mass is 9.87. The quantitative estimate of drug-likeness (QED) is 0.0358. The molecule has 0 aromatic carbocycles. The van der Waals surface area contributed by atoms with Crippen LogP contribution in [0.15, 0.2) is 12.7 Å². The summed E-state index contributed by atoms with van der Waals surface area (Å²) in [6, 6.07) is 0. The number of carbonyl (C=O) groups excluding carboxylic acids is 2. The van der Waals surface area contributed by atoms with Crippen molar-refractivity contribution in [2.45, 2.75) is 69.2 Å². The number of thioether (sulfide) groups is 1. The number of nitrogen functional groups attached to an aromatic ring is 1. The van der Waals surface area contributed by atoms with Crippen molar-refractivity contribution in [3.8, 4) is 0 Å². The topological polar surface area (TPSA) is 404 Å². The van der Waals surface area contributed by atoms with E-state index in [-0.39, 0.29) is 42.2 Å². The summed E-state index contributed by atoms with van der Waals surface area (Å²) in [6.07, 6.45) is -7.59. The van der Waals surface area contributed by atoms with Gasteiger partial charge in [0.05, 0.1) is 26.0 Å². The molecule has 2 unspecified atom stereocenters. The van der Waals surface area contributed by atoms with Crippen LogP contribution in [-0.4, -0.2) is 139 Å². The summed E-state index contributed by atoms with van der Waals surface area (Å²) in [5.74, 6) is -2.59. The Labute approximate surface area is 315 Å². The van der Waals surface area contributed by atoms with Gasteiger partial charge in [-0.2, -0.15) is 4.31 Å². The maximum atomic E-state index is 12.6. The molecule has 0 aliphatic carbocycles. The highest BCUT2D eigenvalue weighted by atomic mass is 32.2. The van der Waals surface area contributed by atoms with Crippen molar-refractivity contribution in [1.29, 1.82) is 0 Å². The zero-order valence-electron chi connectivity index (χ0n) is 29.2. The van der Waals surface area contributed by atoms with Crippen molar-refractivity contribution in [2.24, 2.45) is 5.41 Å². The van der Waals surface area contributed by atoms with Gasteiger partial charge in [-0.3, -0.25) is 32.5 Å². The van der Waals surface area contributed by atoms with Crippen molar-refractivity contribution in [2.75, 3.05) is 37.8 Å². The minimum Gasteiger partial charge on any atom is -0.481 e. The minimum absolute atomic E-state index is 0.0203. The Morgan fingerprint density at radius 3 is 2.35 bits per heavy atom. The number of anilines is 1. The second-order valence-corrected chi connectivity index (χ2v) is 18.5. The number of nitrogens with two attached hydrogens (primary N) is 1. The summed E-state index contributed by atoms with van der Waals surface area (Å²) in [5.41, 5.74) is 4.20. The predicted molar refractivity (Wildman–Crippen MR) is 185 cm³/mol. The fraction of sp³-hybridized carbons (Fsp3) is 0.680. The Morgan fingerprint density at radius 1 is 1.05 bits per heavy atom. The van der Waals surface area contributed by atoms with E-state index in [0.717, 1.165) is 29.0 Å². The number of ether oxygens (including phenoxy) is 1. The number of imidazole rings is 1. The molecule has 2 aromatic heterocycles. The number of hydrogen-bond donors (Lipinski definition) is 11. The zero-order chi connectivity index (χ0) is 41.6. The van der Waals surface area contributed by atoms with Gasteiger partial charge < -0.3 is 61.1 Å². The minimum atomic E-state index is -5.59. The first-order valence-electron chi connectivity index (χ1n) is 15.7. The zero-order valence-corrected chi connectivity index (χ0v) is 32.7. The molecule has 0 spiro atoms. The van der Waals surface area contributed by atoms with Gasteiger partial charge in [0.25, 0.3) is 0 Å². The maximum Gasteiger partial charge on any atom is 0.481 e. The SMILES string of the molecule is CC(C)(COP(=O)(O)OP(=O)(O)OC[C@H]1O[C@@H](n2cnc3c(N)ncnc32)[C@H](O)[C@@H]1OP(=O)(O)O)[C@@H](O)C(=O)NCCC(=O)NCCS[C@](C)(O)CC(=O)O. The molecule has 0 radical (unpaired) electrons. The number of aliphatic carboxylic acids is 1. The van der Waals surface area contributed by atoms with Crippen LogP contribution in [0.4, 0.5) is 5.82 Å². The molecule has 12 N–H and O–H groups in total. The normalized spacial score (nSPS) is 23.0. The van der Waals surface area contributed by atoms with Gasteiger partial charge in [-0.05, 0) is 6.92 Å². The highest BCUT2D eigenvalue weighted by Crippen LogP contribution is 2.61. The Kier molecular flexibility index (Phi) is 15.9. The summed E-state index contributed by atoms with van der Waals surface area (Å²) in [4.78, 5) is 84.6. The standard InChI is InChI=1S/C25H42N7O19P3S/c1-24(2,19(37)22(38)28-5-4-14(33)27-6-7-55-25(3,39)8-15(34)35)10-48-54(45,46)51-53(43,44)47-9-13-18(50-52(40,41)42)17(36)23(49-13)32-12-31-16-20(26)29-11-30-21(16)32/h11-13,17-19,23,36-37,39H,4-10H2,1-3H3,(H,27,33)(H,28,38)(H,34,35)(H,43,44)(H,45,46)(H2,26,29,30)(H2,40,41,42)/t13-,17-,18-,19+,23-,25+/m1/s1. The molecule has 1 fully saturated rings. The molecule has 1 aliphatic heterocycles. The number of aliphatic hydroxyl groups excluding tert-OH is 2. The number of nitrogens with one attached hydrogen (secondary N) is 2. The predicted octanol–water partition coefficient (Wildman–Crippen LogP) is -1.68. The Hall–Kier alpha value is -2.68. The first-order valence-corrected chi connectivity index (χ1v) is 21.2. The number of fused-ring (bicyclic) bond motifs is 1. The van der Waals surface area contributed by atoms with Gasteiger partial charge in [-0.15, -0.1) is 11.8 Å². The lowest BCUT2D eigenvalue weighted by Gasteiger charge is -2.30. The van der Waals surface area contributed by atoms with Crippen LogP contribution in [0.1, 0.15) is 39.8 Å². The van der Waals surface area contributed by atoms with Gasteiger partial charge in [-0.25, -0.2) is 28.6 Å². The van der Waals surface area contributed by atoms with E-state index < -0.39 is 102 Å². The second-order valence-electron chi connectivity index (χ2n) is 12.7. The molecule has 0 bridgehead atoms. The molecule has 312 valence electrons. The van der Waals surface area contributed by atoms with Crippen LogP contribution in [0.5, 0.6) is 0 Å². The van der Waals surface area contributed by atoms with Gasteiger partial charge >= 0.3 is 29.4 Å². The first kappa shape index (κ1) is 46.7. The molecule has 1 aliphatic rings. The Balaban J connectivity index is 1.50. The number of carboxylic acid groups (broad SMARTS) is 1. The summed E-state index contributed by atoms with van der Waals surface area (Å²) >= 11 is 0.914. The van der Waals surface area contributed by atoms with E-state index in [1.165, 1.54) is 20.8 Å². The van der Waals surface area contributed by atoms with Gasteiger partial charge in [0, 0.05) is 30.7 Å². The number of nitrogens with zero attached hydrogens (tertiary/aromatic N) is 4. The lowest BCUT2D eigenvalue weighted by molar-refractivity contribution is -0.139. The number of phosphoric ester groups is 3. The third kappa shape index (κ3) is 14.3. The molecule has 26 nitrogen and oxygen atoms in total. The molecule has 0 saturated carbocycles. The van der Waals surface area contributed by atoms with Crippen molar-refractivity contribution < 1.29 is 90.7 Å². The highest BCUT2D eigenvalue weighted by Gasteiger charge is 2.50. The Morgan fingerprint density at radius 2 is 1.71 bits per heavy atom. The van der Waals surface area contributed by atoms with E-state index >= 15 is 0 Å². The van der Waals surface area contributed by atoms with Crippen LogP contribution in [0, 0.1) is 5.41 Å². The number of carboxylic acids is 1. The van der Waals surface area contributed by atoms with E-state index in [0.29, 0.717) is 0 Å². The molecule has 8 atom stereocenters. The molecule has 55 heavy (non-hydrogen) atoms. The van der Waals surface area contributed by atoms with Crippen LogP contribution in [0.2, 0.25) is 0 Å². The van der Waals surface area contributed by atoms with Crippen molar-refractivity contribution in [3.05, 3.63) is 12.7 Å². The molecule has 3 rings (SSSR count). The Bertz CT molecular complexity index is 1830. The second kappa shape index (κ2) is 18.7. The van der Waals surface area contributed by atoms with Crippen LogP contribution in [0.25, 0.3) is 11.2 Å². The number of aliphatic hydroxyl groups is 3. The fourth-order valence-electron chi connectivity index (χ4n) is 4.73. The van der Waals surface area contributed by atoms with Gasteiger partial charge in [-0.1, -0.05) is 13.8 Å². The molecule has 30 heteroatoms. The van der Waals surface area contributed by atoms with E-state index in [1.54, 1.807) is 0 Å². The highest BCUT2D eigenvalue weighted by molar-refractivity contribution is 8.00. The summed E-state index contributed by atoms with van der Waals surface area (Å²) in [7, 11) is -16.4. The van der Waals surface area contributed by atoms with Crippen LogP contribution in [0.3, 0.4) is 0 Å². The summed E-state index contributed by atoms with van der Waals surface area (Å²) < 4.78 is 61.9. The number of amides is 2. The van der Waals surface area contributed by atoms with Gasteiger partial charge in [0.2, 0.25) is 11.8 Å². The van der Waals surface area contributed by atoms with Crippen molar-refractivity contribution >= 4 is 70.0 Å². The van der Waals surface area contributed by atoms with Crippen molar-refractivity contribution in [3.63, 3.8) is 0 Å². The van der Waals surface area contributed by atoms with Crippen LogP contribution >= 0.6 is 35.2 Å². The number of phosphoric acid groups is 3. The average Bonchev–Trinajstić information content (AvgIpc) is 3.60. The molecule has 1 saturated heterocycles. The van der Waals surface area contributed by atoms with E-state index in [9.17, 15) is 63.0 Å². The van der Waals surface area contributed by atoms with Crippen LogP contribution < -0.4 is 16.4 Å². The third-order valence-corrected chi connectivity index (χ3v) is 11.7. The van der Waals surface area contributed by atoms with Crippen LogP contribution in [-0.2, 0) is 50.7 Å². The molecule has 3 heterocycles. The third-order valence-electron chi connectivity index (χ3n) is 7.39. The molecule has 2 aromatic rings. The summed E-state index contributed by atoms with van der Waals surface area (Å²) in [6.45, 7) is 1.53. The average molecular weight is 870 g/mol. The largest absolute Gasteiger partial charge is 0.481 e. The van der Waals surface area contributed by atoms with E-state index in [4.69, 9.17) is 24.6 Å². The fourth-order valence-corrected chi connectivity index (χ4v) is 8.43. The van der Waals surface area contributed by atoms with E-state index in [2.05, 4.69) is 34.4 Å². The lowest BCUT2D eigenvalue weighted by Crippen LogP contribution is -2.46. The van der Waals surface area contributed by atoms with E-state index in [1.807, 2.05) is 0 Å². The molecular formula is C25H42N7O19P3S. The smallest absolute Gasteiger partial charge is 0.481 e. The first-order chi connectivity index (χ1) is 25.2. The number of rotatable bonds is 22. The number of aromatic nitrogens is 4. The van der Waals surface area contributed by atoms with Gasteiger partial charge in [0.15, 0.2) is 17.7 Å². The van der Waals surface area contributed by atoms with Gasteiger partial charge in [0.1, 0.15) is 41.2 Å². The molecule has 2 amide bonds. The number of carbonyl (C=O) groups is 3. The number of hydrogen-bond acceptors (Lipinski definition) is 19. The molecular weight excluding hydrogens is 827 g/mol. The maximum absolute atomic E-state index is 12.6. The van der Waals surface area contributed by atoms with Crippen molar-refractivity contribution in [1.82, 2.24) is 30.2 Å².